The zero-order valence-electron chi connectivity index (χ0n) is 16.0. The highest BCUT2D eigenvalue weighted by atomic mass is 16.3. The fraction of sp³-hybridized carbons (Fsp3) is 0.364. The summed E-state index contributed by atoms with van der Waals surface area (Å²) in [5.41, 5.74) is 4.12. The molecule has 1 saturated heterocycles. The SMILES string of the molecule is Cc1[nH]c2ccccc2c1CCNC(=O)C1CCN(C(=O)c2ccoc2)CC1. The molecule has 0 saturated carbocycles. The number of carbonyl (C=O) groups is 2. The molecule has 0 atom stereocenters. The molecule has 2 N–H and O–H groups in total. The van der Waals surface area contributed by atoms with Gasteiger partial charge >= 0.3 is 0 Å². The van der Waals surface area contributed by atoms with Crippen LogP contribution in [-0.2, 0) is 11.2 Å². The van der Waals surface area contributed by atoms with Crippen LogP contribution in [0.4, 0.5) is 0 Å². The molecule has 0 aliphatic carbocycles. The number of aromatic nitrogens is 1. The summed E-state index contributed by atoms with van der Waals surface area (Å²) < 4.78 is 4.98. The molecule has 2 amide bonds. The third-order valence-corrected chi connectivity index (χ3v) is 5.62. The van der Waals surface area contributed by atoms with Gasteiger partial charge in [0.15, 0.2) is 0 Å². The number of benzene rings is 1. The number of H-pyrrole nitrogens is 1. The molecule has 28 heavy (non-hydrogen) atoms. The summed E-state index contributed by atoms with van der Waals surface area (Å²) in [7, 11) is 0. The summed E-state index contributed by atoms with van der Waals surface area (Å²) in [4.78, 5) is 30.1. The average Bonchev–Trinajstić information content (AvgIpc) is 3.36. The highest BCUT2D eigenvalue weighted by Crippen LogP contribution is 2.22. The summed E-state index contributed by atoms with van der Waals surface area (Å²) >= 11 is 0. The van der Waals surface area contributed by atoms with Gasteiger partial charge in [-0.15, -0.1) is 0 Å². The summed E-state index contributed by atoms with van der Waals surface area (Å²) in [6.45, 7) is 3.90. The van der Waals surface area contributed by atoms with Gasteiger partial charge < -0.3 is 19.6 Å². The van der Waals surface area contributed by atoms with Crippen LogP contribution < -0.4 is 5.32 Å². The topological polar surface area (TPSA) is 78.3 Å². The maximum absolute atomic E-state index is 12.5. The van der Waals surface area contributed by atoms with Gasteiger partial charge in [-0.05, 0) is 43.9 Å². The summed E-state index contributed by atoms with van der Waals surface area (Å²) in [5.74, 6) is 0.0350. The Bertz CT molecular complexity index is 966. The zero-order valence-corrected chi connectivity index (χ0v) is 16.0. The van der Waals surface area contributed by atoms with E-state index in [1.807, 2.05) is 12.1 Å². The van der Waals surface area contributed by atoms with E-state index >= 15 is 0 Å². The molecule has 6 nitrogen and oxygen atoms in total. The number of fused-ring (bicyclic) bond motifs is 1. The Balaban J connectivity index is 1.27. The number of hydrogen-bond acceptors (Lipinski definition) is 3. The minimum atomic E-state index is -0.0301. The lowest BCUT2D eigenvalue weighted by molar-refractivity contribution is -0.126. The van der Waals surface area contributed by atoms with Gasteiger partial charge in [0.1, 0.15) is 6.26 Å². The lowest BCUT2D eigenvalue weighted by Crippen LogP contribution is -2.43. The molecule has 3 aromatic rings. The number of nitrogens with zero attached hydrogens (tertiary/aromatic N) is 1. The van der Waals surface area contributed by atoms with Gasteiger partial charge in [0.2, 0.25) is 5.91 Å². The molecule has 1 aromatic carbocycles. The van der Waals surface area contributed by atoms with Crippen molar-refractivity contribution in [3.8, 4) is 0 Å². The number of aromatic amines is 1. The number of para-hydroxylation sites is 1. The first kappa shape index (κ1) is 18.3. The van der Waals surface area contributed by atoms with Crippen molar-refractivity contribution in [1.29, 1.82) is 0 Å². The van der Waals surface area contributed by atoms with Gasteiger partial charge in [-0.2, -0.15) is 0 Å². The number of carbonyl (C=O) groups excluding carboxylic acids is 2. The first-order valence-electron chi connectivity index (χ1n) is 9.79. The number of rotatable bonds is 5. The molecule has 1 aliphatic heterocycles. The first-order valence-corrected chi connectivity index (χ1v) is 9.79. The van der Waals surface area contributed by atoms with Crippen molar-refractivity contribution in [2.45, 2.75) is 26.2 Å². The van der Waals surface area contributed by atoms with Gasteiger partial charge in [0.05, 0.1) is 11.8 Å². The monoisotopic (exact) mass is 379 g/mol. The fourth-order valence-corrected chi connectivity index (χ4v) is 4.03. The maximum atomic E-state index is 12.5. The van der Waals surface area contributed by atoms with Crippen LogP contribution in [0.1, 0.15) is 34.5 Å². The standard InChI is InChI=1S/C22H25N3O3/c1-15-18(19-4-2-3-5-20(19)24-15)6-10-23-21(26)16-7-11-25(12-8-16)22(27)17-9-13-28-14-17/h2-5,9,13-14,16,24H,6-8,10-12H2,1H3,(H,23,26). The number of nitrogens with one attached hydrogen (secondary N) is 2. The molecule has 1 fully saturated rings. The highest BCUT2D eigenvalue weighted by molar-refractivity contribution is 5.94. The number of aryl methyl sites for hydroxylation is 1. The van der Waals surface area contributed by atoms with Crippen molar-refractivity contribution in [2.24, 2.45) is 5.92 Å². The minimum Gasteiger partial charge on any atom is -0.472 e. The van der Waals surface area contributed by atoms with Crippen LogP contribution in [0.25, 0.3) is 10.9 Å². The van der Waals surface area contributed by atoms with Crippen LogP contribution >= 0.6 is 0 Å². The normalized spacial score (nSPS) is 15.1. The smallest absolute Gasteiger partial charge is 0.257 e. The van der Waals surface area contributed by atoms with E-state index in [9.17, 15) is 9.59 Å². The van der Waals surface area contributed by atoms with Gasteiger partial charge in [-0.25, -0.2) is 0 Å². The molecule has 0 bridgehead atoms. The second-order valence-electron chi connectivity index (χ2n) is 7.39. The first-order chi connectivity index (χ1) is 13.6. The van der Waals surface area contributed by atoms with E-state index in [1.54, 1.807) is 11.0 Å². The quantitative estimate of drug-likeness (QED) is 0.714. The Kier molecular flexibility index (Phi) is 5.19. The molecule has 4 rings (SSSR count). The number of hydrogen-bond donors (Lipinski definition) is 2. The number of furan rings is 1. The molecular weight excluding hydrogens is 354 g/mol. The minimum absolute atomic E-state index is 0.0255. The van der Waals surface area contributed by atoms with E-state index < -0.39 is 0 Å². The third kappa shape index (κ3) is 3.67. The second-order valence-corrected chi connectivity index (χ2v) is 7.39. The Morgan fingerprint density at radius 1 is 1.21 bits per heavy atom. The average molecular weight is 379 g/mol. The lowest BCUT2D eigenvalue weighted by Gasteiger charge is -2.31. The highest BCUT2D eigenvalue weighted by Gasteiger charge is 2.28. The van der Waals surface area contributed by atoms with Crippen molar-refractivity contribution in [1.82, 2.24) is 15.2 Å². The Morgan fingerprint density at radius 3 is 2.75 bits per heavy atom. The Labute approximate surface area is 163 Å². The van der Waals surface area contributed by atoms with E-state index in [4.69, 9.17) is 4.42 Å². The van der Waals surface area contributed by atoms with E-state index in [0.717, 1.165) is 17.6 Å². The molecule has 0 unspecified atom stereocenters. The van der Waals surface area contributed by atoms with Crippen LogP contribution in [0, 0.1) is 12.8 Å². The van der Waals surface area contributed by atoms with Gasteiger partial charge in [0, 0.05) is 42.1 Å². The summed E-state index contributed by atoms with van der Waals surface area (Å²) in [6.07, 6.45) is 5.17. The van der Waals surface area contributed by atoms with Crippen molar-refractivity contribution in [3.63, 3.8) is 0 Å². The van der Waals surface area contributed by atoms with Crippen LogP contribution in [0.2, 0.25) is 0 Å². The lowest BCUT2D eigenvalue weighted by atomic mass is 9.95. The molecule has 0 radical (unpaired) electrons. The van der Waals surface area contributed by atoms with E-state index in [1.165, 1.54) is 23.5 Å². The zero-order chi connectivity index (χ0) is 19.5. The van der Waals surface area contributed by atoms with Gasteiger partial charge in [0.25, 0.3) is 5.91 Å². The second kappa shape index (κ2) is 7.92. The van der Waals surface area contributed by atoms with Crippen molar-refractivity contribution < 1.29 is 14.0 Å². The molecule has 1 aliphatic rings. The Morgan fingerprint density at radius 2 is 2.00 bits per heavy atom. The Hall–Kier alpha value is -3.02. The van der Waals surface area contributed by atoms with Crippen LogP contribution in [-0.4, -0.2) is 41.3 Å². The van der Waals surface area contributed by atoms with Crippen molar-refractivity contribution in [3.05, 3.63) is 59.7 Å². The molecule has 3 heterocycles. The molecule has 2 aromatic heterocycles. The predicted octanol–water partition coefficient (Wildman–Crippen LogP) is 3.28. The maximum Gasteiger partial charge on any atom is 0.257 e. The fourth-order valence-electron chi connectivity index (χ4n) is 4.03. The molecule has 0 spiro atoms. The summed E-state index contributed by atoms with van der Waals surface area (Å²) in [6, 6.07) is 9.92. The summed E-state index contributed by atoms with van der Waals surface area (Å²) in [5, 5.41) is 4.31. The van der Waals surface area contributed by atoms with Crippen molar-refractivity contribution >= 4 is 22.7 Å². The molecule has 146 valence electrons. The van der Waals surface area contributed by atoms with E-state index in [0.29, 0.717) is 38.0 Å². The van der Waals surface area contributed by atoms with E-state index in [-0.39, 0.29) is 17.7 Å². The van der Waals surface area contributed by atoms with Gasteiger partial charge in [-0.1, -0.05) is 18.2 Å². The number of amides is 2. The number of piperidine rings is 1. The predicted molar refractivity (Wildman–Crippen MR) is 107 cm³/mol. The third-order valence-electron chi connectivity index (χ3n) is 5.62. The van der Waals surface area contributed by atoms with E-state index in [2.05, 4.69) is 29.4 Å². The van der Waals surface area contributed by atoms with Gasteiger partial charge in [-0.3, -0.25) is 9.59 Å². The van der Waals surface area contributed by atoms with Crippen LogP contribution in [0.15, 0.2) is 47.3 Å². The van der Waals surface area contributed by atoms with Crippen LogP contribution in [0.3, 0.4) is 0 Å². The van der Waals surface area contributed by atoms with Crippen molar-refractivity contribution in [2.75, 3.05) is 19.6 Å². The molecule has 6 heteroatoms. The van der Waals surface area contributed by atoms with Crippen LogP contribution in [0.5, 0.6) is 0 Å². The largest absolute Gasteiger partial charge is 0.472 e. The number of likely N-dealkylation sites (tertiary alicyclic amines) is 1. The molecular formula is C22H25N3O3.